The highest BCUT2D eigenvalue weighted by molar-refractivity contribution is 5.63. The molecule has 0 saturated heterocycles. The van der Waals surface area contributed by atoms with Gasteiger partial charge in [0.05, 0.1) is 12.7 Å². The molecule has 188 valence electrons. The minimum Gasteiger partial charge on any atom is -0.494 e. The molecule has 6 nitrogen and oxygen atoms in total. The van der Waals surface area contributed by atoms with Crippen molar-refractivity contribution < 1.29 is 22.6 Å². The molecule has 0 amide bonds. The lowest BCUT2D eigenvalue weighted by atomic mass is 10.2. The molecule has 2 aromatic carbocycles. The van der Waals surface area contributed by atoms with Crippen LogP contribution in [0.15, 0.2) is 54.7 Å². The predicted octanol–water partition coefficient (Wildman–Crippen LogP) is 7.73. The molecule has 3 aromatic rings. The number of rotatable bonds is 12. The van der Waals surface area contributed by atoms with Crippen molar-refractivity contribution in [2.45, 2.75) is 58.7 Å². The van der Waals surface area contributed by atoms with E-state index in [9.17, 15) is 13.2 Å². The molecular formula is C26H31F3N4O2. The Kier molecular flexibility index (Phi) is 9.17. The van der Waals surface area contributed by atoms with E-state index in [4.69, 9.17) is 9.47 Å². The van der Waals surface area contributed by atoms with E-state index in [1.165, 1.54) is 12.8 Å². The summed E-state index contributed by atoms with van der Waals surface area (Å²) in [6, 6.07) is 13.8. The van der Waals surface area contributed by atoms with Gasteiger partial charge in [0, 0.05) is 17.6 Å². The Balaban J connectivity index is 1.70. The molecule has 35 heavy (non-hydrogen) atoms. The van der Waals surface area contributed by atoms with Crippen LogP contribution in [-0.2, 0) is 6.18 Å². The number of aromatic nitrogens is 2. The molecule has 0 fully saturated rings. The number of alkyl halides is 3. The maximum Gasteiger partial charge on any atom is 0.421 e. The van der Waals surface area contributed by atoms with Crippen LogP contribution >= 0.6 is 0 Å². The van der Waals surface area contributed by atoms with Gasteiger partial charge in [0.15, 0.2) is 0 Å². The number of halogens is 3. The van der Waals surface area contributed by atoms with Crippen LogP contribution in [0.25, 0.3) is 0 Å². The van der Waals surface area contributed by atoms with Gasteiger partial charge in [-0.05, 0) is 68.8 Å². The molecule has 0 saturated carbocycles. The number of hydrogen-bond donors (Lipinski definition) is 2. The van der Waals surface area contributed by atoms with Gasteiger partial charge in [-0.2, -0.15) is 18.2 Å². The number of nitrogens with one attached hydrogen (secondary N) is 2. The van der Waals surface area contributed by atoms with Gasteiger partial charge in [-0.15, -0.1) is 0 Å². The van der Waals surface area contributed by atoms with Crippen LogP contribution in [0.2, 0.25) is 0 Å². The fraction of sp³-hybridized carbons (Fsp3) is 0.385. The van der Waals surface area contributed by atoms with Crippen LogP contribution in [0.5, 0.6) is 11.5 Å². The number of anilines is 4. The highest BCUT2D eigenvalue weighted by Gasteiger charge is 2.35. The summed E-state index contributed by atoms with van der Waals surface area (Å²) in [7, 11) is 0. The molecule has 0 spiro atoms. The van der Waals surface area contributed by atoms with E-state index in [0.29, 0.717) is 23.7 Å². The van der Waals surface area contributed by atoms with Gasteiger partial charge in [0.25, 0.3) is 0 Å². The Bertz CT molecular complexity index is 1060. The fourth-order valence-electron chi connectivity index (χ4n) is 3.25. The molecule has 0 unspecified atom stereocenters. The van der Waals surface area contributed by atoms with Crippen molar-refractivity contribution >= 4 is 23.1 Å². The molecule has 3 rings (SSSR count). The molecule has 0 aliphatic rings. The first kappa shape index (κ1) is 26.1. The Morgan fingerprint density at radius 1 is 0.857 bits per heavy atom. The van der Waals surface area contributed by atoms with Gasteiger partial charge in [-0.3, -0.25) is 0 Å². The Morgan fingerprint density at radius 3 is 2.09 bits per heavy atom. The Morgan fingerprint density at radius 2 is 1.49 bits per heavy atom. The topological polar surface area (TPSA) is 68.3 Å². The summed E-state index contributed by atoms with van der Waals surface area (Å²) in [6.07, 6.45) is 0.633. The summed E-state index contributed by atoms with van der Waals surface area (Å²) in [5, 5.41) is 5.69. The number of nitrogens with zero attached hydrogens (tertiary/aromatic N) is 2. The van der Waals surface area contributed by atoms with E-state index in [2.05, 4.69) is 27.5 Å². The lowest BCUT2D eigenvalue weighted by Gasteiger charge is -2.15. The highest BCUT2D eigenvalue weighted by atomic mass is 19.4. The highest BCUT2D eigenvalue weighted by Crippen LogP contribution is 2.35. The van der Waals surface area contributed by atoms with E-state index in [-0.39, 0.29) is 17.9 Å². The van der Waals surface area contributed by atoms with Crippen molar-refractivity contribution in [3.8, 4) is 11.5 Å². The third kappa shape index (κ3) is 8.35. The zero-order valence-electron chi connectivity index (χ0n) is 20.2. The summed E-state index contributed by atoms with van der Waals surface area (Å²) in [5.41, 5.74) is 0.110. The molecule has 2 N–H and O–H groups in total. The second-order valence-corrected chi connectivity index (χ2v) is 8.33. The lowest BCUT2D eigenvalue weighted by molar-refractivity contribution is -0.137. The summed E-state index contributed by atoms with van der Waals surface area (Å²) in [5.74, 6) is 1.04. The molecule has 1 aromatic heterocycles. The van der Waals surface area contributed by atoms with Crippen molar-refractivity contribution in [2.75, 3.05) is 17.2 Å². The van der Waals surface area contributed by atoms with Gasteiger partial charge in [-0.25, -0.2) is 4.98 Å². The summed E-state index contributed by atoms with van der Waals surface area (Å²) < 4.78 is 52.0. The molecule has 0 atom stereocenters. The van der Waals surface area contributed by atoms with Gasteiger partial charge < -0.3 is 20.1 Å². The monoisotopic (exact) mass is 488 g/mol. The Hall–Kier alpha value is -3.49. The number of ether oxygens (including phenoxy) is 2. The van der Waals surface area contributed by atoms with Crippen LogP contribution in [0.4, 0.5) is 36.3 Å². The van der Waals surface area contributed by atoms with Crippen LogP contribution in [0.3, 0.4) is 0 Å². The number of hydrogen-bond acceptors (Lipinski definition) is 6. The molecule has 1 heterocycles. The summed E-state index contributed by atoms with van der Waals surface area (Å²) in [4.78, 5) is 7.94. The van der Waals surface area contributed by atoms with Crippen LogP contribution in [-0.4, -0.2) is 22.7 Å². The first-order chi connectivity index (χ1) is 16.7. The van der Waals surface area contributed by atoms with Crippen molar-refractivity contribution in [1.29, 1.82) is 0 Å². The van der Waals surface area contributed by atoms with Gasteiger partial charge >= 0.3 is 6.18 Å². The molecule has 9 heteroatoms. The molecule has 0 bridgehead atoms. The minimum absolute atomic E-state index is 0.00689. The standard InChI is InChI=1S/C26H31F3N4O2/c1-4-5-6-7-16-34-21-12-8-20(9-13-21)32-25-30-17-23(26(27,28)29)24(33-25)31-19-10-14-22(15-11-19)35-18(2)3/h8-15,17-18H,4-7,16H2,1-3H3,(H2,30,31,32,33). The zero-order valence-corrected chi connectivity index (χ0v) is 20.2. The molecule has 0 radical (unpaired) electrons. The van der Waals surface area contributed by atoms with Crippen LogP contribution in [0, 0.1) is 0 Å². The Labute approximate surface area is 203 Å². The second-order valence-electron chi connectivity index (χ2n) is 8.33. The quantitative estimate of drug-likeness (QED) is 0.254. The van der Waals surface area contributed by atoms with Crippen molar-refractivity contribution in [1.82, 2.24) is 9.97 Å². The van der Waals surface area contributed by atoms with E-state index >= 15 is 0 Å². The van der Waals surface area contributed by atoms with Crippen molar-refractivity contribution in [2.24, 2.45) is 0 Å². The normalized spacial score (nSPS) is 11.4. The number of unbranched alkanes of at least 4 members (excludes halogenated alkanes) is 3. The predicted molar refractivity (Wildman–Crippen MR) is 132 cm³/mol. The van der Waals surface area contributed by atoms with Crippen LogP contribution in [0.1, 0.15) is 52.0 Å². The first-order valence-electron chi connectivity index (χ1n) is 11.7. The van der Waals surface area contributed by atoms with Crippen LogP contribution < -0.4 is 20.1 Å². The first-order valence-corrected chi connectivity index (χ1v) is 11.7. The maximum absolute atomic E-state index is 13.6. The van der Waals surface area contributed by atoms with Gasteiger partial charge in [0.1, 0.15) is 22.9 Å². The van der Waals surface area contributed by atoms with Gasteiger partial charge in [-0.1, -0.05) is 26.2 Å². The van der Waals surface area contributed by atoms with Gasteiger partial charge in [0.2, 0.25) is 5.95 Å². The van der Waals surface area contributed by atoms with Crippen molar-refractivity contribution in [3.63, 3.8) is 0 Å². The van der Waals surface area contributed by atoms with E-state index in [1.807, 2.05) is 13.8 Å². The number of benzene rings is 2. The summed E-state index contributed by atoms with van der Waals surface area (Å²) in [6.45, 7) is 6.60. The third-order valence-electron chi connectivity index (χ3n) is 4.96. The summed E-state index contributed by atoms with van der Waals surface area (Å²) >= 11 is 0. The fourth-order valence-corrected chi connectivity index (χ4v) is 3.25. The van der Waals surface area contributed by atoms with E-state index in [1.54, 1.807) is 48.5 Å². The largest absolute Gasteiger partial charge is 0.494 e. The molecular weight excluding hydrogens is 457 g/mol. The zero-order chi connectivity index (χ0) is 25.3. The van der Waals surface area contributed by atoms with E-state index < -0.39 is 11.7 Å². The molecule has 0 aliphatic carbocycles. The van der Waals surface area contributed by atoms with Crippen molar-refractivity contribution in [3.05, 3.63) is 60.3 Å². The van der Waals surface area contributed by atoms with E-state index in [0.717, 1.165) is 24.8 Å². The maximum atomic E-state index is 13.6. The average Bonchev–Trinajstić information content (AvgIpc) is 2.80. The lowest BCUT2D eigenvalue weighted by Crippen LogP contribution is -2.12. The third-order valence-corrected chi connectivity index (χ3v) is 4.96. The minimum atomic E-state index is -4.61. The second kappa shape index (κ2) is 12.3. The molecule has 0 aliphatic heterocycles. The average molecular weight is 489 g/mol. The smallest absolute Gasteiger partial charge is 0.421 e. The SMILES string of the molecule is CCCCCCOc1ccc(Nc2ncc(C(F)(F)F)c(Nc3ccc(OC(C)C)cc3)n2)cc1.